The van der Waals surface area contributed by atoms with Gasteiger partial charge >= 0.3 is 5.97 Å². The minimum atomic E-state index is -1.13. The Balaban J connectivity index is 2.36. The van der Waals surface area contributed by atoms with Crippen molar-refractivity contribution in [3.8, 4) is 5.75 Å². The number of aliphatic carboxylic acids is 1. The van der Waals surface area contributed by atoms with Crippen LogP contribution in [0.4, 0.5) is 0 Å². The summed E-state index contributed by atoms with van der Waals surface area (Å²) in [5.41, 5.74) is 0.479. The average molecular weight is 307 g/mol. The number of likely N-dealkylation sites (N-methyl/N-ethyl adjacent to an activating group) is 1. The highest BCUT2D eigenvalue weighted by molar-refractivity contribution is 5.89. The number of carbonyl (C=O) groups is 3. The Kier molecular flexibility index (Phi) is 6.55. The van der Waals surface area contributed by atoms with Gasteiger partial charge in [-0.1, -0.05) is 12.1 Å². The molecule has 22 heavy (non-hydrogen) atoms. The molecule has 0 aliphatic carbocycles. The quantitative estimate of drug-likeness (QED) is 0.585. The molecule has 0 fully saturated rings. The second-order valence-corrected chi connectivity index (χ2v) is 4.45. The lowest BCUT2D eigenvalue weighted by atomic mass is 10.2. The third kappa shape index (κ3) is 6.04. The number of aromatic hydroxyl groups is 1. The van der Waals surface area contributed by atoms with Gasteiger partial charge < -0.3 is 20.4 Å². The van der Waals surface area contributed by atoms with E-state index in [1.165, 1.54) is 19.3 Å². The van der Waals surface area contributed by atoms with Crippen molar-refractivity contribution >= 4 is 24.0 Å². The van der Waals surface area contributed by atoms with Crippen LogP contribution < -0.4 is 5.32 Å². The van der Waals surface area contributed by atoms with Crippen molar-refractivity contribution in [2.75, 3.05) is 26.7 Å². The van der Waals surface area contributed by atoms with Crippen molar-refractivity contribution in [3.63, 3.8) is 0 Å². The zero-order valence-electron chi connectivity index (χ0n) is 12.0. The number of phenols is 1. The van der Waals surface area contributed by atoms with Gasteiger partial charge in [-0.15, -0.1) is 0 Å². The van der Waals surface area contributed by atoms with Crippen LogP contribution in [0.1, 0.15) is 5.56 Å². The monoisotopic (exact) mass is 307 g/mol. The molecule has 1 aromatic carbocycles. The Labute approximate surface area is 127 Å². The van der Waals surface area contributed by atoms with Crippen molar-refractivity contribution in [1.82, 2.24) is 10.2 Å². The van der Waals surface area contributed by atoms with Crippen LogP contribution >= 0.6 is 0 Å². The number of carboxylic acids is 1. The minimum Gasteiger partial charge on any atom is -0.507 e. The van der Waals surface area contributed by atoms with Gasteiger partial charge in [0, 0.05) is 18.8 Å². The van der Waals surface area contributed by atoms with E-state index < -0.39 is 24.3 Å². The van der Waals surface area contributed by atoms with Gasteiger partial charge in [0.05, 0.1) is 6.54 Å². The van der Waals surface area contributed by atoms with E-state index in [4.69, 9.17) is 5.11 Å². The largest absolute Gasteiger partial charge is 0.507 e. The minimum absolute atomic E-state index is 0.0529. The van der Waals surface area contributed by atoms with Crippen molar-refractivity contribution < 1.29 is 24.6 Å². The number of amides is 2. The number of nitrogens with zero attached hydrogens (tertiary/aromatic N) is 2. The van der Waals surface area contributed by atoms with Crippen LogP contribution in [0, 0.1) is 0 Å². The second-order valence-electron chi connectivity index (χ2n) is 4.45. The zero-order valence-corrected chi connectivity index (χ0v) is 12.0. The SMILES string of the molecule is CN(CC(=O)O)C(=O)CNC(=O)CN=Cc1ccccc1O. The number of aliphatic imine (C=N–C) groups is 1. The van der Waals surface area contributed by atoms with Gasteiger partial charge in [-0.2, -0.15) is 0 Å². The molecule has 0 aliphatic heterocycles. The van der Waals surface area contributed by atoms with Crippen LogP contribution in [0.5, 0.6) is 5.75 Å². The third-order valence-corrected chi connectivity index (χ3v) is 2.64. The first-order valence-electron chi connectivity index (χ1n) is 6.40. The molecule has 0 aliphatic rings. The first-order chi connectivity index (χ1) is 10.4. The van der Waals surface area contributed by atoms with Crippen LogP contribution in [-0.4, -0.2) is 65.8 Å². The number of benzene rings is 1. The molecule has 0 unspecified atom stereocenters. The Morgan fingerprint density at radius 1 is 1.32 bits per heavy atom. The first kappa shape index (κ1) is 17.2. The molecule has 0 saturated carbocycles. The van der Waals surface area contributed by atoms with E-state index in [2.05, 4.69) is 10.3 Å². The topological polar surface area (TPSA) is 119 Å². The fourth-order valence-electron chi connectivity index (χ4n) is 1.48. The Hall–Kier alpha value is -2.90. The van der Waals surface area contributed by atoms with E-state index in [0.29, 0.717) is 5.56 Å². The molecule has 1 aromatic rings. The number of nitrogens with one attached hydrogen (secondary N) is 1. The van der Waals surface area contributed by atoms with Gasteiger partial charge in [-0.3, -0.25) is 19.4 Å². The van der Waals surface area contributed by atoms with Crippen LogP contribution in [0.2, 0.25) is 0 Å². The van der Waals surface area contributed by atoms with Crippen molar-refractivity contribution in [3.05, 3.63) is 29.8 Å². The van der Waals surface area contributed by atoms with Gasteiger partial charge in [0.25, 0.3) is 0 Å². The van der Waals surface area contributed by atoms with Crippen LogP contribution in [0.25, 0.3) is 0 Å². The molecule has 1 rings (SSSR count). The summed E-state index contributed by atoms with van der Waals surface area (Å²) in [6, 6.07) is 6.52. The molecule has 0 atom stereocenters. The van der Waals surface area contributed by atoms with Gasteiger partial charge in [-0.05, 0) is 12.1 Å². The highest BCUT2D eigenvalue weighted by atomic mass is 16.4. The molecule has 0 saturated heterocycles. The Bertz CT molecular complexity index is 586. The summed E-state index contributed by atoms with van der Waals surface area (Å²) in [4.78, 5) is 38.3. The number of carboxylic acid groups (broad SMARTS) is 1. The molecule has 0 bridgehead atoms. The third-order valence-electron chi connectivity index (χ3n) is 2.64. The maximum atomic E-state index is 11.5. The number of carbonyl (C=O) groups excluding carboxylic acids is 2. The van der Waals surface area contributed by atoms with Gasteiger partial charge in [-0.25, -0.2) is 0 Å². The molecule has 0 aromatic heterocycles. The number of hydrogen-bond donors (Lipinski definition) is 3. The summed E-state index contributed by atoms with van der Waals surface area (Å²) >= 11 is 0. The number of phenolic OH excluding ortho intramolecular Hbond substituents is 1. The molecule has 3 N–H and O–H groups in total. The van der Waals surface area contributed by atoms with E-state index in [1.807, 2.05) is 0 Å². The molecular formula is C14H17N3O5. The van der Waals surface area contributed by atoms with E-state index in [9.17, 15) is 19.5 Å². The molecule has 0 radical (unpaired) electrons. The maximum absolute atomic E-state index is 11.5. The zero-order chi connectivity index (χ0) is 16.5. The fraction of sp³-hybridized carbons (Fsp3) is 0.286. The first-order valence-corrected chi connectivity index (χ1v) is 6.40. The predicted octanol–water partition coefficient (Wildman–Crippen LogP) is -0.530. The Morgan fingerprint density at radius 3 is 2.64 bits per heavy atom. The van der Waals surface area contributed by atoms with Gasteiger partial charge in [0.15, 0.2) is 0 Å². The normalized spacial score (nSPS) is 10.4. The summed E-state index contributed by atoms with van der Waals surface area (Å²) in [6.45, 7) is -0.931. The standard InChI is InChI=1S/C14H17N3O5/c1-17(9-14(21)22)13(20)8-16-12(19)7-15-6-10-4-2-3-5-11(10)18/h2-6,18H,7-9H2,1H3,(H,16,19)(H,21,22). The van der Waals surface area contributed by atoms with Crippen molar-refractivity contribution in [1.29, 1.82) is 0 Å². The van der Waals surface area contributed by atoms with Crippen LogP contribution in [-0.2, 0) is 14.4 Å². The van der Waals surface area contributed by atoms with Gasteiger partial charge in [0.1, 0.15) is 18.8 Å². The lowest BCUT2D eigenvalue weighted by Gasteiger charge is -2.14. The molecule has 8 nitrogen and oxygen atoms in total. The van der Waals surface area contributed by atoms with E-state index in [1.54, 1.807) is 18.2 Å². The van der Waals surface area contributed by atoms with Gasteiger partial charge in [0.2, 0.25) is 11.8 Å². The highest BCUT2D eigenvalue weighted by Crippen LogP contribution is 2.12. The summed E-state index contributed by atoms with van der Waals surface area (Å²) < 4.78 is 0. The molecule has 0 heterocycles. The number of hydrogen-bond acceptors (Lipinski definition) is 5. The second kappa shape index (κ2) is 8.40. The average Bonchev–Trinajstić information content (AvgIpc) is 2.46. The summed E-state index contributed by atoms with van der Waals surface area (Å²) in [5.74, 6) is -2.07. The summed E-state index contributed by atoms with van der Waals surface area (Å²) in [7, 11) is 1.33. The number of rotatable bonds is 7. The van der Waals surface area contributed by atoms with Crippen molar-refractivity contribution in [2.24, 2.45) is 4.99 Å². The summed E-state index contributed by atoms with van der Waals surface area (Å²) in [5, 5.41) is 20.4. The summed E-state index contributed by atoms with van der Waals surface area (Å²) in [6.07, 6.45) is 1.35. The lowest BCUT2D eigenvalue weighted by Crippen LogP contribution is -2.40. The van der Waals surface area contributed by atoms with Crippen LogP contribution in [0.15, 0.2) is 29.3 Å². The number of para-hydroxylation sites is 1. The smallest absolute Gasteiger partial charge is 0.323 e. The maximum Gasteiger partial charge on any atom is 0.323 e. The lowest BCUT2D eigenvalue weighted by molar-refractivity contribution is -0.143. The van der Waals surface area contributed by atoms with E-state index >= 15 is 0 Å². The molecule has 8 heteroatoms. The van der Waals surface area contributed by atoms with E-state index in [0.717, 1.165) is 4.90 Å². The molecule has 2 amide bonds. The van der Waals surface area contributed by atoms with Crippen LogP contribution in [0.3, 0.4) is 0 Å². The predicted molar refractivity (Wildman–Crippen MR) is 78.9 cm³/mol. The van der Waals surface area contributed by atoms with Crippen molar-refractivity contribution in [2.45, 2.75) is 0 Å². The fourth-order valence-corrected chi connectivity index (χ4v) is 1.48. The molecular weight excluding hydrogens is 290 g/mol. The highest BCUT2D eigenvalue weighted by Gasteiger charge is 2.12. The molecule has 0 spiro atoms. The molecule has 118 valence electrons. The van der Waals surface area contributed by atoms with E-state index in [-0.39, 0.29) is 18.8 Å². The Morgan fingerprint density at radius 2 is 2.00 bits per heavy atom.